The zero-order chi connectivity index (χ0) is 13.9. The number of benzene rings is 1. The van der Waals surface area contributed by atoms with Crippen molar-refractivity contribution in [1.82, 2.24) is 14.6 Å². The molecule has 1 N–H and O–H groups in total. The van der Waals surface area contributed by atoms with Gasteiger partial charge in [-0.3, -0.25) is 4.40 Å². The first kappa shape index (κ1) is 12.3. The number of aryl methyl sites for hydroxylation is 2. The van der Waals surface area contributed by atoms with Gasteiger partial charge in [-0.25, -0.2) is 4.79 Å². The first-order valence-corrected chi connectivity index (χ1v) is 6.35. The lowest BCUT2D eigenvalue weighted by atomic mass is 10.1. The average Bonchev–Trinajstić information content (AvgIpc) is 2.89. The van der Waals surface area contributed by atoms with Gasteiger partial charge in [0.05, 0.1) is 0 Å². The third-order valence-corrected chi connectivity index (χ3v) is 3.22. The number of carbonyl (C=O) groups is 1. The quantitative estimate of drug-likeness (QED) is 0.787. The molecule has 2 heterocycles. The Morgan fingerprint density at radius 2 is 1.85 bits per heavy atom. The van der Waals surface area contributed by atoms with E-state index in [-0.39, 0.29) is 5.56 Å². The van der Waals surface area contributed by atoms with Crippen molar-refractivity contribution in [3.05, 3.63) is 65.6 Å². The molecule has 2 aromatic heterocycles. The van der Waals surface area contributed by atoms with Crippen LogP contribution in [0.25, 0.3) is 5.65 Å². The number of aromatic carboxylic acids is 1. The Labute approximate surface area is 115 Å². The van der Waals surface area contributed by atoms with E-state index in [1.165, 1.54) is 11.6 Å². The average molecular weight is 267 g/mol. The maximum Gasteiger partial charge on any atom is 0.339 e. The van der Waals surface area contributed by atoms with Crippen molar-refractivity contribution in [2.24, 2.45) is 0 Å². The predicted octanol–water partition coefficient (Wildman–Crippen LogP) is 2.21. The summed E-state index contributed by atoms with van der Waals surface area (Å²) in [5, 5.41) is 17.2. The number of carboxylic acids is 1. The lowest BCUT2D eigenvalue weighted by Crippen LogP contribution is -2.02. The molecule has 0 atom stereocenters. The summed E-state index contributed by atoms with van der Waals surface area (Å²) >= 11 is 0. The molecule has 3 rings (SSSR count). The number of carboxylic acid groups (broad SMARTS) is 1. The highest BCUT2D eigenvalue weighted by molar-refractivity contribution is 5.94. The van der Waals surface area contributed by atoms with E-state index >= 15 is 0 Å². The first-order chi connectivity index (χ1) is 9.75. The van der Waals surface area contributed by atoms with Crippen LogP contribution >= 0.6 is 0 Å². The van der Waals surface area contributed by atoms with Gasteiger partial charge < -0.3 is 5.11 Å². The molecule has 0 aliphatic carbocycles. The van der Waals surface area contributed by atoms with Gasteiger partial charge in [0, 0.05) is 12.6 Å². The van der Waals surface area contributed by atoms with Crippen molar-refractivity contribution in [2.45, 2.75) is 12.8 Å². The van der Waals surface area contributed by atoms with Crippen LogP contribution in [0.2, 0.25) is 0 Å². The van der Waals surface area contributed by atoms with Crippen molar-refractivity contribution in [1.29, 1.82) is 0 Å². The zero-order valence-electron chi connectivity index (χ0n) is 10.7. The van der Waals surface area contributed by atoms with Crippen LogP contribution < -0.4 is 0 Å². The second kappa shape index (κ2) is 5.13. The number of rotatable bonds is 4. The van der Waals surface area contributed by atoms with Gasteiger partial charge in [-0.1, -0.05) is 30.3 Å². The Bertz CT molecular complexity index is 750. The van der Waals surface area contributed by atoms with E-state index in [0.717, 1.165) is 12.2 Å². The number of hydrogen-bond acceptors (Lipinski definition) is 3. The van der Waals surface area contributed by atoms with Gasteiger partial charge in [-0.15, -0.1) is 10.2 Å². The summed E-state index contributed by atoms with van der Waals surface area (Å²) in [5.41, 5.74) is 1.78. The van der Waals surface area contributed by atoms with Gasteiger partial charge in [0.1, 0.15) is 11.4 Å². The highest BCUT2D eigenvalue weighted by atomic mass is 16.4. The fourth-order valence-electron chi connectivity index (χ4n) is 2.20. The van der Waals surface area contributed by atoms with Gasteiger partial charge in [0.15, 0.2) is 5.65 Å². The van der Waals surface area contributed by atoms with E-state index in [2.05, 4.69) is 22.3 Å². The van der Waals surface area contributed by atoms with E-state index < -0.39 is 5.97 Å². The van der Waals surface area contributed by atoms with E-state index in [1.54, 1.807) is 16.7 Å². The lowest BCUT2D eigenvalue weighted by Gasteiger charge is -2.02. The molecule has 0 radical (unpaired) electrons. The van der Waals surface area contributed by atoms with Crippen molar-refractivity contribution in [3.8, 4) is 0 Å². The molecule has 0 aliphatic rings. The van der Waals surface area contributed by atoms with Gasteiger partial charge in [-0.2, -0.15) is 0 Å². The van der Waals surface area contributed by atoms with Gasteiger partial charge >= 0.3 is 5.97 Å². The summed E-state index contributed by atoms with van der Waals surface area (Å²) in [6.45, 7) is 0. The second-order valence-electron chi connectivity index (χ2n) is 4.52. The highest BCUT2D eigenvalue weighted by Crippen LogP contribution is 2.12. The Hall–Kier alpha value is -2.69. The molecule has 0 bridgehead atoms. The van der Waals surface area contributed by atoms with Gasteiger partial charge in [0.25, 0.3) is 0 Å². The van der Waals surface area contributed by atoms with Crippen LogP contribution in [0.5, 0.6) is 0 Å². The summed E-state index contributed by atoms with van der Waals surface area (Å²) < 4.78 is 1.74. The molecule has 5 nitrogen and oxygen atoms in total. The number of hydrogen-bond donors (Lipinski definition) is 1. The molecule has 0 saturated carbocycles. The summed E-state index contributed by atoms with van der Waals surface area (Å²) in [6, 6.07) is 13.3. The zero-order valence-corrected chi connectivity index (χ0v) is 10.7. The van der Waals surface area contributed by atoms with Crippen LogP contribution in [0.3, 0.4) is 0 Å². The third kappa shape index (κ3) is 2.25. The molecule has 1 aromatic carbocycles. The molecular weight excluding hydrogens is 254 g/mol. The number of pyridine rings is 1. The molecule has 0 amide bonds. The first-order valence-electron chi connectivity index (χ1n) is 6.35. The van der Waals surface area contributed by atoms with E-state index in [0.29, 0.717) is 12.1 Å². The Morgan fingerprint density at radius 1 is 1.05 bits per heavy atom. The third-order valence-electron chi connectivity index (χ3n) is 3.22. The predicted molar refractivity (Wildman–Crippen MR) is 73.8 cm³/mol. The monoisotopic (exact) mass is 267 g/mol. The minimum Gasteiger partial charge on any atom is -0.478 e. The Balaban J connectivity index is 1.90. The van der Waals surface area contributed by atoms with Crippen LogP contribution in [0.15, 0.2) is 48.7 Å². The fourth-order valence-corrected chi connectivity index (χ4v) is 2.20. The summed E-state index contributed by atoms with van der Waals surface area (Å²) in [6.07, 6.45) is 3.36. The van der Waals surface area contributed by atoms with Crippen LogP contribution in [-0.2, 0) is 12.8 Å². The molecule has 5 heteroatoms. The maximum atomic E-state index is 11.1. The minimum absolute atomic E-state index is 0.172. The summed E-state index contributed by atoms with van der Waals surface area (Å²) in [5.74, 6) is -0.218. The number of nitrogens with zero attached hydrogens (tertiary/aromatic N) is 3. The van der Waals surface area contributed by atoms with Crippen LogP contribution in [-0.4, -0.2) is 25.7 Å². The standard InChI is InChI=1S/C15H13N3O2/c19-15(20)12-7-4-10-18-13(16-17-14(12)18)9-8-11-5-2-1-3-6-11/h1-7,10H,8-9H2,(H,19,20). The molecule has 0 fully saturated rings. The fraction of sp³-hybridized carbons (Fsp3) is 0.133. The summed E-state index contributed by atoms with van der Waals surface area (Å²) in [7, 11) is 0. The van der Waals surface area contributed by atoms with Crippen molar-refractivity contribution < 1.29 is 9.90 Å². The molecule has 100 valence electrons. The van der Waals surface area contributed by atoms with E-state index in [9.17, 15) is 4.79 Å². The van der Waals surface area contributed by atoms with Gasteiger partial charge in [0.2, 0.25) is 0 Å². The normalized spacial score (nSPS) is 10.8. The Morgan fingerprint density at radius 3 is 2.60 bits per heavy atom. The topological polar surface area (TPSA) is 67.5 Å². The molecule has 0 saturated heterocycles. The van der Waals surface area contributed by atoms with E-state index in [1.807, 2.05) is 18.2 Å². The molecular formula is C15H13N3O2. The van der Waals surface area contributed by atoms with E-state index in [4.69, 9.17) is 5.11 Å². The molecule has 3 aromatic rings. The van der Waals surface area contributed by atoms with Crippen molar-refractivity contribution in [3.63, 3.8) is 0 Å². The van der Waals surface area contributed by atoms with Gasteiger partial charge in [-0.05, 0) is 24.1 Å². The van der Waals surface area contributed by atoms with Crippen LogP contribution in [0, 0.1) is 0 Å². The molecule has 0 aliphatic heterocycles. The van der Waals surface area contributed by atoms with Crippen LogP contribution in [0.1, 0.15) is 21.7 Å². The number of aromatic nitrogens is 3. The largest absolute Gasteiger partial charge is 0.478 e. The summed E-state index contributed by atoms with van der Waals surface area (Å²) in [4.78, 5) is 11.1. The van der Waals surface area contributed by atoms with Crippen LogP contribution in [0.4, 0.5) is 0 Å². The minimum atomic E-state index is -0.988. The lowest BCUT2D eigenvalue weighted by molar-refractivity contribution is 0.0698. The second-order valence-corrected chi connectivity index (χ2v) is 4.52. The SMILES string of the molecule is O=C(O)c1cccn2c(CCc3ccccc3)nnc12. The highest BCUT2D eigenvalue weighted by Gasteiger charge is 2.13. The number of fused-ring (bicyclic) bond motifs is 1. The van der Waals surface area contributed by atoms with Crippen molar-refractivity contribution >= 4 is 11.6 Å². The molecule has 0 spiro atoms. The maximum absolute atomic E-state index is 11.1. The Kier molecular flexibility index (Phi) is 3.16. The smallest absolute Gasteiger partial charge is 0.339 e. The molecule has 20 heavy (non-hydrogen) atoms. The van der Waals surface area contributed by atoms with Crippen molar-refractivity contribution in [2.75, 3.05) is 0 Å². The molecule has 0 unspecified atom stereocenters.